The first-order valence-electron chi connectivity index (χ1n) is 9.56. The standard InChI is InChI=1S/C26H24NS2/c1-27-29(25-18-10-4-11-19-25,26-20-12-5-13-21-26)22-28(23-14-6-2-7-15-23)24-16-8-3-9-17-24/h2-22H,1H3/q+1. The second kappa shape index (κ2) is 9.17. The molecular weight excluding hydrogens is 390 g/mol. The zero-order valence-electron chi connectivity index (χ0n) is 16.4. The highest BCUT2D eigenvalue weighted by atomic mass is 32.3. The summed E-state index contributed by atoms with van der Waals surface area (Å²) in [7, 11) is 0.0835. The van der Waals surface area contributed by atoms with Gasteiger partial charge in [0.2, 0.25) is 0 Å². The Bertz CT molecular complexity index is 1080. The molecule has 4 aromatic rings. The molecule has 0 aromatic heterocycles. The Morgan fingerprint density at radius 3 is 1.24 bits per heavy atom. The number of nitrogens with zero attached hydrogens (tertiary/aromatic N) is 1. The summed E-state index contributed by atoms with van der Waals surface area (Å²) in [5, 5.41) is 0. The molecule has 0 bridgehead atoms. The van der Waals surface area contributed by atoms with Crippen LogP contribution in [-0.2, 0) is 20.3 Å². The summed E-state index contributed by atoms with van der Waals surface area (Å²) >= 11 is 0. The van der Waals surface area contributed by atoms with E-state index in [1.165, 1.54) is 19.6 Å². The van der Waals surface area contributed by atoms with Crippen molar-refractivity contribution < 1.29 is 0 Å². The molecule has 0 amide bonds. The van der Waals surface area contributed by atoms with Crippen molar-refractivity contribution in [3.05, 3.63) is 121 Å². The summed E-state index contributed by atoms with van der Waals surface area (Å²) < 4.78 is 7.59. The molecule has 0 radical (unpaired) electrons. The minimum atomic E-state index is -1.67. The minimum absolute atomic E-state index is 0.203. The highest BCUT2D eigenvalue weighted by Gasteiger charge is 2.27. The molecule has 0 fully saturated rings. The van der Waals surface area contributed by atoms with Crippen LogP contribution in [0, 0.1) is 0 Å². The Kier molecular flexibility index (Phi) is 6.18. The van der Waals surface area contributed by atoms with Crippen LogP contribution >= 0.6 is 0 Å². The first-order chi connectivity index (χ1) is 14.3. The largest absolute Gasteiger partial charge is 0.261 e. The van der Waals surface area contributed by atoms with Crippen molar-refractivity contribution >= 4 is 25.0 Å². The van der Waals surface area contributed by atoms with Gasteiger partial charge in [0.15, 0.2) is 14.5 Å². The molecular formula is C26H24NS2+. The molecule has 0 atom stereocenters. The highest BCUT2D eigenvalue weighted by molar-refractivity contribution is 8.24. The summed E-state index contributed by atoms with van der Waals surface area (Å²) in [6.45, 7) is 0. The Hall–Kier alpha value is -2.75. The molecule has 1 nitrogen and oxygen atoms in total. The third kappa shape index (κ3) is 4.16. The molecule has 3 heteroatoms. The van der Waals surface area contributed by atoms with Gasteiger partial charge in [0.05, 0.1) is 10.9 Å². The van der Waals surface area contributed by atoms with Crippen molar-refractivity contribution in [1.29, 1.82) is 0 Å². The first kappa shape index (κ1) is 19.6. The molecule has 144 valence electrons. The number of hydrogen-bond acceptors (Lipinski definition) is 1. The molecule has 0 aliphatic carbocycles. The van der Waals surface area contributed by atoms with E-state index in [1.54, 1.807) is 0 Å². The molecule has 0 aliphatic heterocycles. The third-order valence-corrected chi connectivity index (χ3v) is 10.7. The van der Waals surface area contributed by atoms with E-state index in [0.717, 1.165) is 0 Å². The van der Waals surface area contributed by atoms with Gasteiger partial charge in [-0.05, 0) is 57.9 Å². The predicted octanol–water partition coefficient (Wildman–Crippen LogP) is 6.57. The van der Waals surface area contributed by atoms with Gasteiger partial charge in [-0.1, -0.05) is 72.8 Å². The van der Waals surface area contributed by atoms with Crippen LogP contribution in [0.4, 0.5) is 0 Å². The molecule has 0 unspecified atom stereocenters. The lowest BCUT2D eigenvalue weighted by Gasteiger charge is -2.17. The lowest BCUT2D eigenvalue weighted by Crippen LogP contribution is -2.14. The van der Waals surface area contributed by atoms with Crippen molar-refractivity contribution in [1.82, 2.24) is 0 Å². The maximum Gasteiger partial charge on any atom is 0.173 e. The molecule has 0 spiro atoms. The average Bonchev–Trinajstić information content (AvgIpc) is 2.82. The Morgan fingerprint density at radius 2 is 0.897 bits per heavy atom. The molecule has 0 N–H and O–H groups in total. The van der Waals surface area contributed by atoms with Gasteiger partial charge >= 0.3 is 0 Å². The van der Waals surface area contributed by atoms with Gasteiger partial charge in [-0.25, -0.2) is 0 Å². The fourth-order valence-electron chi connectivity index (χ4n) is 3.28. The van der Waals surface area contributed by atoms with Gasteiger partial charge in [0, 0.05) is 16.8 Å². The third-order valence-electron chi connectivity index (χ3n) is 4.72. The Morgan fingerprint density at radius 1 is 0.552 bits per heavy atom. The lowest BCUT2D eigenvalue weighted by molar-refractivity contribution is 1.35. The van der Waals surface area contributed by atoms with Gasteiger partial charge in [-0.3, -0.25) is 4.36 Å². The van der Waals surface area contributed by atoms with Crippen LogP contribution in [0.5, 0.6) is 0 Å². The van der Waals surface area contributed by atoms with Gasteiger partial charge in [-0.2, -0.15) is 0 Å². The molecule has 0 aliphatic rings. The molecule has 0 heterocycles. The zero-order chi connectivity index (χ0) is 19.9. The van der Waals surface area contributed by atoms with Gasteiger partial charge in [0.1, 0.15) is 0 Å². The fourth-order valence-corrected chi connectivity index (χ4v) is 9.52. The second-order valence-electron chi connectivity index (χ2n) is 6.49. The van der Waals surface area contributed by atoms with Crippen LogP contribution in [0.2, 0.25) is 0 Å². The van der Waals surface area contributed by atoms with E-state index in [0.29, 0.717) is 0 Å². The average molecular weight is 415 g/mol. The molecule has 0 saturated heterocycles. The number of rotatable bonds is 5. The van der Waals surface area contributed by atoms with Crippen LogP contribution in [0.25, 0.3) is 0 Å². The first-order valence-corrected chi connectivity index (χ1v) is 12.5. The predicted molar refractivity (Wildman–Crippen MR) is 128 cm³/mol. The van der Waals surface area contributed by atoms with Crippen molar-refractivity contribution in [2.24, 2.45) is 4.36 Å². The van der Waals surface area contributed by atoms with Gasteiger partial charge in [-0.15, -0.1) is 0 Å². The normalized spacial score (nSPS) is 11.2. The van der Waals surface area contributed by atoms with E-state index < -0.39 is 9.41 Å². The monoisotopic (exact) mass is 414 g/mol. The SMILES string of the molecule is CN=S(=C[S+](c1ccccc1)c1ccccc1)(c1ccccc1)c1ccccc1. The van der Waals surface area contributed by atoms with E-state index in [1.807, 2.05) is 7.05 Å². The van der Waals surface area contributed by atoms with Crippen molar-refractivity contribution in [3.8, 4) is 0 Å². The zero-order valence-corrected chi connectivity index (χ0v) is 18.0. The van der Waals surface area contributed by atoms with E-state index in [4.69, 9.17) is 4.36 Å². The van der Waals surface area contributed by atoms with Crippen LogP contribution in [0.3, 0.4) is 0 Å². The number of hydrogen-bond donors (Lipinski definition) is 0. The quantitative estimate of drug-likeness (QED) is 0.259. The van der Waals surface area contributed by atoms with Gasteiger partial charge in [0.25, 0.3) is 0 Å². The second-order valence-corrected chi connectivity index (χ2v) is 11.4. The maximum absolute atomic E-state index is 5.09. The van der Waals surface area contributed by atoms with E-state index >= 15 is 0 Å². The molecule has 4 rings (SSSR count). The molecule has 0 saturated carbocycles. The van der Waals surface area contributed by atoms with Gasteiger partial charge < -0.3 is 0 Å². The van der Waals surface area contributed by atoms with Crippen LogP contribution < -0.4 is 0 Å². The lowest BCUT2D eigenvalue weighted by atomic mass is 10.4. The summed E-state index contributed by atoms with van der Waals surface area (Å²) in [4.78, 5) is 5.15. The molecule has 29 heavy (non-hydrogen) atoms. The van der Waals surface area contributed by atoms with Crippen molar-refractivity contribution in [3.63, 3.8) is 0 Å². The van der Waals surface area contributed by atoms with Crippen molar-refractivity contribution in [2.75, 3.05) is 7.05 Å². The van der Waals surface area contributed by atoms with E-state index in [-0.39, 0.29) is 10.9 Å². The summed E-state index contributed by atoms with van der Waals surface area (Å²) in [5.74, 6) is 0. The Balaban J connectivity index is 2.05. The summed E-state index contributed by atoms with van der Waals surface area (Å²) in [6, 6.07) is 43.0. The minimum Gasteiger partial charge on any atom is -0.261 e. The fraction of sp³-hybridized carbons (Fsp3) is 0.0385. The highest BCUT2D eigenvalue weighted by Crippen LogP contribution is 2.29. The molecule has 4 aromatic carbocycles. The van der Waals surface area contributed by atoms with Crippen LogP contribution in [-0.4, -0.2) is 11.7 Å². The van der Waals surface area contributed by atoms with Crippen LogP contribution in [0.1, 0.15) is 0 Å². The van der Waals surface area contributed by atoms with E-state index in [2.05, 4.69) is 126 Å². The van der Waals surface area contributed by atoms with Crippen molar-refractivity contribution in [2.45, 2.75) is 19.6 Å². The maximum atomic E-state index is 5.09. The summed E-state index contributed by atoms with van der Waals surface area (Å²) in [5.41, 5.74) is 0. The van der Waals surface area contributed by atoms with E-state index in [9.17, 15) is 0 Å². The topological polar surface area (TPSA) is 12.4 Å². The summed E-state index contributed by atoms with van der Waals surface area (Å²) in [6.07, 6.45) is 0. The smallest absolute Gasteiger partial charge is 0.173 e. The Labute approximate surface area is 177 Å². The van der Waals surface area contributed by atoms with Crippen LogP contribution in [0.15, 0.2) is 145 Å². The number of benzene rings is 4.